The molecule has 0 saturated carbocycles. The minimum Gasteiger partial charge on any atom is -0.465 e. The number of ether oxygens (including phenoxy) is 2. The van der Waals surface area contributed by atoms with E-state index in [1.54, 1.807) is 24.3 Å². The van der Waals surface area contributed by atoms with Gasteiger partial charge in [0.15, 0.2) is 6.61 Å². The van der Waals surface area contributed by atoms with Gasteiger partial charge in [0.1, 0.15) is 0 Å². The molecule has 26 heavy (non-hydrogen) atoms. The second-order valence-corrected chi connectivity index (χ2v) is 5.71. The fourth-order valence-electron chi connectivity index (χ4n) is 2.06. The van der Waals surface area contributed by atoms with E-state index in [1.807, 2.05) is 0 Å². The number of nitrogens with one attached hydrogen (secondary N) is 1. The molecule has 0 atom stereocenters. The summed E-state index contributed by atoms with van der Waals surface area (Å²) >= 11 is 5.76. The van der Waals surface area contributed by atoms with E-state index in [4.69, 9.17) is 22.1 Å². The van der Waals surface area contributed by atoms with Gasteiger partial charge in [-0.05, 0) is 35.9 Å². The van der Waals surface area contributed by atoms with Crippen LogP contribution in [0.1, 0.15) is 26.3 Å². The molecule has 0 unspecified atom stereocenters. The van der Waals surface area contributed by atoms with Gasteiger partial charge in [-0.3, -0.25) is 4.79 Å². The maximum atomic E-state index is 11.9. The van der Waals surface area contributed by atoms with Gasteiger partial charge >= 0.3 is 11.9 Å². The summed E-state index contributed by atoms with van der Waals surface area (Å²) in [6.45, 7) is -0.220. The maximum absolute atomic E-state index is 11.9. The molecular weight excluding hydrogens is 360 g/mol. The van der Waals surface area contributed by atoms with Gasteiger partial charge in [-0.1, -0.05) is 23.7 Å². The van der Waals surface area contributed by atoms with Crippen LogP contribution in [0.3, 0.4) is 0 Å². The summed E-state index contributed by atoms with van der Waals surface area (Å²) in [6, 6.07) is 10.9. The minimum absolute atomic E-state index is 0.139. The Morgan fingerprint density at radius 3 is 2.38 bits per heavy atom. The monoisotopic (exact) mass is 376 g/mol. The second kappa shape index (κ2) is 8.87. The lowest BCUT2D eigenvalue weighted by molar-refractivity contribution is -0.124. The summed E-state index contributed by atoms with van der Waals surface area (Å²) in [5, 5.41) is 3.01. The summed E-state index contributed by atoms with van der Waals surface area (Å²) in [5.74, 6) is -1.62. The third-order valence-electron chi connectivity index (χ3n) is 3.43. The summed E-state index contributed by atoms with van der Waals surface area (Å²) in [7, 11) is 1.30. The number of hydrogen-bond donors (Lipinski definition) is 2. The number of methoxy groups -OCH3 is 1. The highest BCUT2D eigenvalue weighted by atomic mass is 35.5. The van der Waals surface area contributed by atoms with Crippen LogP contribution in [-0.2, 0) is 20.8 Å². The molecule has 0 aliphatic carbocycles. The van der Waals surface area contributed by atoms with Crippen LogP contribution in [-0.4, -0.2) is 31.6 Å². The minimum atomic E-state index is -0.711. The molecule has 0 aliphatic rings. The fourth-order valence-corrected chi connectivity index (χ4v) is 2.24. The van der Waals surface area contributed by atoms with Crippen molar-refractivity contribution in [1.82, 2.24) is 5.32 Å². The van der Waals surface area contributed by atoms with Crippen molar-refractivity contribution >= 4 is 35.1 Å². The molecule has 2 aromatic rings. The third-order valence-corrected chi connectivity index (χ3v) is 3.67. The Labute approximate surface area is 155 Å². The Morgan fingerprint density at radius 1 is 1.08 bits per heavy atom. The molecule has 0 aromatic heterocycles. The van der Waals surface area contributed by atoms with Gasteiger partial charge in [-0.15, -0.1) is 0 Å². The van der Waals surface area contributed by atoms with E-state index in [-0.39, 0.29) is 17.8 Å². The van der Waals surface area contributed by atoms with E-state index in [2.05, 4.69) is 10.1 Å². The number of anilines is 1. The number of amides is 1. The van der Waals surface area contributed by atoms with Gasteiger partial charge in [0.2, 0.25) is 0 Å². The van der Waals surface area contributed by atoms with Crippen LogP contribution in [0.5, 0.6) is 0 Å². The number of nitrogen functional groups attached to an aromatic ring is 1. The number of carbonyl (C=O) groups excluding carboxylic acids is 3. The third kappa shape index (κ3) is 5.22. The van der Waals surface area contributed by atoms with E-state index in [0.717, 1.165) is 5.56 Å². The standard InChI is InChI=1S/C18H17ClN2O5/c1-25-17(23)12-4-2-11(3-5-12)9-21-16(22)10-26-18(24)14-7-6-13(19)8-15(14)20/h2-8H,9-10,20H2,1H3,(H,21,22). The van der Waals surface area contributed by atoms with Crippen LogP contribution in [0.4, 0.5) is 5.69 Å². The number of benzene rings is 2. The first kappa shape index (κ1) is 19.3. The Balaban J connectivity index is 1.81. The molecule has 0 fully saturated rings. The van der Waals surface area contributed by atoms with E-state index in [9.17, 15) is 14.4 Å². The van der Waals surface area contributed by atoms with Crippen LogP contribution in [0.25, 0.3) is 0 Å². The van der Waals surface area contributed by atoms with Gasteiger partial charge < -0.3 is 20.5 Å². The van der Waals surface area contributed by atoms with Crippen molar-refractivity contribution in [1.29, 1.82) is 0 Å². The predicted molar refractivity (Wildman–Crippen MR) is 95.8 cm³/mol. The van der Waals surface area contributed by atoms with E-state index in [1.165, 1.54) is 25.3 Å². The van der Waals surface area contributed by atoms with Crippen LogP contribution >= 0.6 is 11.6 Å². The van der Waals surface area contributed by atoms with Crippen molar-refractivity contribution in [2.75, 3.05) is 19.5 Å². The molecule has 0 radical (unpaired) electrons. The number of rotatable bonds is 6. The fraction of sp³-hybridized carbons (Fsp3) is 0.167. The van der Waals surface area contributed by atoms with E-state index in [0.29, 0.717) is 10.6 Å². The van der Waals surface area contributed by atoms with Crippen molar-refractivity contribution in [3.8, 4) is 0 Å². The summed E-state index contributed by atoms with van der Waals surface area (Å²) in [5.41, 5.74) is 7.19. The van der Waals surface area contributed by atoms with Crippen LogP contribution in [0.2, 0.25) is 5.02 Å². The highest BCUT2D eigenvalue weighted by molar-refractivity contribution is 6.31. The number of carbonyl (C=O) groups is 3. The Hall–Kier alpha value is -3.06. The number of nitrogens with two attached hydrogens (primary N) is 1. The second-order valence-electron chi connectivity index (χ2n) is 5.27. The van der Waals surface area contributed by atoms with Gasteiger partial charge in [0.25, 0.3) is 5.91 Å². The molecule has 0 heterocycles. The first-order chi connectivity index (χ1) is 12.4. The molecule has 0 aliphatic heterocycles. The summed E-state index contributed by atoms with van der Waals surface area (Å²) < 4.78 is 9.54. The van der Waals surface area contributed by atoms with Gasteiger partial charge in [-0.2, -0.15) is 0 Å². The largest absolute Gasteiger partial charge is 0.465 e. The average Bonchev–Trinajstić information content (AvgIpc) is 2.64. The predicted octanol–water partition coefficient (Wildman–Crippen LogP) is 2.18. The molecule has 0 saturated heterocycles. The van der Waals surface area contributed by atoms with Crippen molar-refractivity contribution in [3.05, 3.63) is 64.2 Å². The summed E-state index contributed by atoms with van der Waals surface area (Å²) in [6.07, 6.45) is 0. The molecule has 1 amide bonds. The van der Waals surface area contributed by atoms with Crippen molar-refractivity contribution in [2.24, 2.45) is 0 Å². The highest BCUT2D eigenvalue weighted by Crippen LogP contribution is 2.18. The van der Waals surface area contributed by atoms with E-state index < -0.39 is 24.5 Å². The number of esters is 2. The van der Waals surface area contributed by atoms with Crippen LogP contribution in [0.15, 0.2) is 42.5 Å². The lowest BCUT2D eigenvalue weighted by atomic mass is 10.1. The summed E-state index contributed by atoms with van der Waals surface area (Å²) in [4.78, 5) is 35.1. The molecular formula is C18H17ClN2O5. The highest BCUT2D eigenvalue weighted by Gasteiger charge is 2.13. The first-order valence-corrected chi connectivity index (χ1v) is 7.94. The first-order valence-electron chi connectivity index (χ1n) is 7.57. The van der Waals surface area contributed by atoms with Crippen LogP contribution in [0, 0.1) is 0 Å². The van der Waals surface area contributed by atoms with Gasteiger partial charge in [0.05, 0.1) is 18.2 Å². The zero-order chi connectivity index (χ0) is 19.1. The van der Waals surface area contributed by atoms with Crippen molar-refractivity contribution < 1.29 is 23.9 Å². The molecule has 136 valence electrons. The number of halogens is 1. The molecule has 0 bridgehead atoms. The molecule has 2 aromatic carbocycles. The van der Waals surface area contributed by atoms with Gasteiger partial charge in [-0.25, -0.2) is 9.59 Å². The topological polar surface area (TPSA) is 108 Å². The molecule has 0 spiro atoms. The smallest absolute Gasteiger partial charge is 0.340 e. The molecule has 3 N–H and O–H groups in total. The quantitative estimate of drug-likeness (QED) is 0.591. The zero-order valence-electron chi connectivity index (χ0n) is 14.0. The molecule has 7 nitrogen and oxygen atoms in total. The van der Waals surface area contributed by atoms with Crippen LogP contribution < -0.4 is 11.1 Å². The SMILES string of the molecule is COC(=O)c1ccc(CNC(=O)COC(=O)c2ccc(Cl)cc2N)cc1. The normalized spacial score (nSPS) is 10.1. The Morgan fingerprint density at radius 2 is 1.77 bits per heavy atom. The Bertz CT molecular complexity index is 821. The van der Waals surface area contributed by atoms with Crippen molar-refractivity contribution in [2.45, 2.75) is 6.54 Å². The van der Waals surface area contributed by atoms with Gasteiger partial charge in [0, 0.05) is 17.3 Å². The Kier molecular flexibility index (Phi) is 6.57. The average molecular weight is 377 g/mol. The molecule has 8 heteroatoms. The zero-order valence-corrected chi connectivity index (χ0v) is 14.7. The number of hydrogen-bond acceptors (Lipinski definition) is 6. The maximum Gasteiger partial charge on any atom is 0.340 e. The lowest BCUT2D eigenvalue weighted by Crippen LogP contribution is -2.28. The molecule has 2 rings (SSSR count). The van der Waals surface area contributed by atoms with Crippen molar-refractivity contribution in [3.63, 3.8) is 0 Å². The lowest BCUT2D eigenvalue weighted by Gasteiger charge is -2.08. The van der Waals surface area contributed by atoms with E-state index >= 15 is 0 Å².